The molecule has 0 atom stereocenters. The fourth-order valence-corrected chi connectivity index (χ4v) is 3.79. The van der Waals surface area contributed by atoms with Crippen molar-refractivity contribution in [3.8, 4) is 28.5 Å². The lowest BCUT2D eigenvalue weighted by molar-refractivity contribution is 0.478. The van der Waals surface area contributed by atoms with Gasteiger partial charge < -0.3 is 15.8 Å². The van der Waals surface area contributed by atoms with Gasteiger partial charge in [-0.05, 0) is 35.4 Å². The standard InChI is InChI=1S/C23H21N5O/c1-28-21(23-25-18-8-4-5-14(13-24)11-19(18)26-23)22(29)20(27-28)17-10-9-15-6-2-3-7-16(15)12-17/h2-4,6-12,29H,5,13,24H2,1H3,(H,25,26). The molecule has 0 unspecified atom stereocenters. The number of hydrogen-bond acceptors (Lipinski definition) is 4. The van der Waals surface area contributed by atoms with Crippen molar-refractivity contribution < 1.29 is 5.11 Å². The van der Waals surface area contributed by atoms with Crippen LogP contribution in [0.4, 0.5) is 0 Å². The molecule has 2 heterocycles. The van der Waals surface area contributed by atoms with E-state index in [1.54, 1.807) is 4.68 Å². The largest absolute Gasteiger partial charge is 0.504 e. The van der Waals surface area contributed by atoms with E-state index in [-0.39, 0.29) is 5.75 Å². The molecule has 4 aromatic rings. The fourth-order valence-electron chi connectivity index (χ4n) is 3.79. The first-order valence-electron chi connectivity index (χ1n) is 9.55. The number of H-pyrrole nitrogens is 1. The summed E-state index contributed by atoms with van der Waals surface area (Å²) in [5.41, 5.74) is 10.6. The molecule has 2 aromatic heterocycles. The summed E-state index contributed by atoms with van der Waals surface area (Å²) in [7, 11) is 1.81. The van der Waals surface area contributed by atoms with Gasteiger partial charge in [-0.15, -0.1) is 0 Å². The van der Waals surface area contributed by atoms with E-state index in [4.69, 9.17) is 5.73 Å². The Morgan fingerprint density at radius 1 is 1.17 bits per heavy atom. The topological polar surface area (TPSA) is 92.7 Å². The summed E-state index contributed by atoms with van der Waals surface area (Å²) in [5.74, 6) is 0.687. The van der Waals surface area contributed by atoms with Crippen LogP contribution in [0.5, 0.6) is 5.75 Å². The van der Waals surface area contributed by atoms with E-state index >= 15 is 0 Å². The van der Waals surface area contributed by atoms with Gasteiger partial charge in [0.25, 0.3) is 0 Å². The third-order valence-corrected chi connectivity index (χ3v) is 5.30. The number of fused-ring (bicyclic) bond motifs is 2. The summed E-state index contributed by atoms with van der Waals surface area (Å²) < 4.78 is 1.66. The van der Waals surface area contributed by atoms with E-state index in [1.165, 1.54) is 0 Å². The molecule has 0 saturated heterocycles. The van der Waals surface area contributed by atoms with E-state index < -0.39 is 0 Å². The number of imidazole rings is 1. The van der Waals surface area contributed by atoms with Gasteiger partial charge >= 0.3 is 0 Å². The summed E-state index contributed by atoms with van der Waals surface area (Å²) >= 11 is 0. The van der Waals surface area contributed by atoms with Gasteiger partial charge in [-0.25, -0.2) is 4.98 Å². The van der Waals surface area contributed by atoms with Crippen LogP contribution in [0.25, 0.3) is 45.7 Å². The number of nitrogens with one attached hydrogen (secondary N) is 1. The zero-order valence-electron chi connectivity index (χ0n) is 16.1. The number of nitrogens with two attached hydrogens (primary N) is 1. The first-order valence-corrected chi connectivity index (χ1v) is 9.55. The first-order chi connectivity index (χ1) is 14.1. The Labute approximate surface area is 168 Å². The molecule has 0 spiro atoms. The lowest BCUT2D eigenvalue weighted by Gasteiger charge is -2.02. The average molecular weight is 383 g/mol. The van der Waals surface area contributed by atoms with Crippen LogP contribution in [0, 0.1) is 0 Å². The molecule has 1 aliphatic carbocycles. The number of allylic oxidation sites excluding steroid dienone is 1. The van der Waals surface area contributed by atoms with Crippen molar-refractivity contribution in [2.45, 2.75) is 6.42 Å². The Bertz CT molecular complexity index is 1290. The summed E-state index contributed by atoms with van der Waals surface area (Å²) in [6.45, 7) is 0.501. The molecular weight excluding hydrogens is 362 g/mol. The van der Waals surface area contributed by atoms with Gasteiger partial charge in [0.05, 0.1) is 11.4 Å². The zero-order valence-corrected chi connectivity index (χ0v) is 16.1. The van der Waals surface area contributed by atoms with Gasteiger partial charge in [0.1, 0.15) is 11.4 Å². The van der Waals surface area contributed by atoms with Crippen molar-refractivity contribution in [2.75, 3.05) is 6.54 Å². The first kappa shape index (κ1) is 17.5. The summed E-state index contributed by atoms with van der Waals surface area (Å²) in [5, 5.41) is 17.8. The maximum absolute atomic E-state index is 11.0. The molecule has 4 N–H and O–H groups in total. The lowest BCUT2D eigenvalue weighted by Crippen LogP contribution is -2.01. The molecule has 0 saturated carbocycles. The summed E-state index contributed by atoms with van der Waals surface area (Å²) in [4.78, 5) is 7.99. The van der Waals surface area contributed by atoms with E-state index in [9.17, 15) is 5.11 Å². The van der Waals surface area contributed by atoms with Crippen LogP contribution in [-0.2, 0) is 7.05 Å². The maximum Gasteiger partial charge on any atom is 0.173 e. The van der Waals surface area contributed by atoms with Gasteiger partial charge in [0, 0.05) is 19.2 Å². The molecule has 2 aromatic carbocycles. The normalized spacial score (nSPS) is 13.4. The highest BCUT2D eigenvalue weighted by molar-refractivity contribution is 5.88. The van der Waals surface area contributed by atoms with E-state index in [0.29, 0.717) is 23.8 Å². The number of rotatable bonds is 3. The smallest absolute Gasteiger partial charge is 0.173 e. The number of hydrogen-bond donors (Lipinski definition) is 3. The molecule has 1 aliphatic rings. The number of nitrogens with zero attached hydrogens (tertiary/aromatic N) is 3. The van der Waals surface area contributed by atoms with E-state index in [1.807, 2.05) is 49.5 Å². The molecule has 0 radical (unpaired) electrons. The molecular formula is C23H21N5O. The second-order valence-corrected chi connectivity index (χ2v) is 7.23. The van der Waals surface area contributed by atoms with Crippen LogP contribution in [0.3, 0.4) is 0 Å². The second kappa shape index (κ2) is 6.76. The van der Waals surface area contributed by atoms with E-state index in [0.717, 1.165) is 39.7 Å². The number of benzene rings is 2. The highest BCUT2D eigenvalue weighted by atomic mass is 16.3. The van der Waals surface area contributed by atoms with Crippen molar-refractivity contribution >= 4 is 22.9 Å². The minimum absolute atomic E-state index is 0.110. The number of aryl methyl sites for hydroxylation is 1. The van der Waals surface area contributed by atoms with Gasteiger partial charge in [0.2, 0.25) is 0 Å². The van der Waals surface area contributed by atoms with Crippen LogP contribution in [0.1, 0.15) is 17.8 Å². The molecule has 0 bridgehead atoms. The van der Waals surface area contributed by atoms with Crippen molar-refractivity contribution in [3.05, 3.63) is 65.5 Å². The number of aromatic amines is 1. The Balaban J connectivity index is 1.61. The number of aromatic nitrogens is 4. The number of aromatic hydroxyl groups is 1. The van der Waals surface area contributed by atoms with Crippen LogP contribution in [-0.4, -0.2) is 31.4 Å². The van der Waals surface area contributed by atoms with Crippen molar-refractivity contribution in [1.29, 1.82) is 0 Å². The summed E-state index contributed by atoms with van der Waals surface area (Å²) in [6, 6.07) is 14.2. The van der Waals surface area contributed by atoms with Crippen molar-refractivity contribution in [2.24, 2.45) is 12.8 Å². The Hall–Kier alpha value is -3.64. The molecule has 29 heavy (non-hydrogen) atoms. The van der Waals surface area contributed by atoms with Crippen LogP contribution in [0.2, 0.25) is 0 Å². The quantitative estimate of drug-likeness (QED) is 0.497. The monoisotopic (exact) mass is 383 g/mol. The van der Waals surface area contributed by atoms with Crippen LogP contribution in [0.15, 0.2) is 54.1 Å². The SMILES string of the molecule is Cn1nc(-c2ccc3ccccc3c2)c(O)c1-c1nc2c([nH]1)C=C(CN)CC=C2. The minimum atomic E-state index is 0.110. The Kier molecular flexibility index (Phi) is 4.07. The highest BCUT2D eigenvalue weighted by Crippen LogP contribution is 2.38. The third kappa shape index (κ3) is 2.94. The van der Waals surface area contributed by atoms with Gasteiger partial charge in [0.15, 0.2) is 11.6 Å². The molecule has 6 heteroatoms. The predicted octanol–water partition coefficient (Wildman–Crippen LogP) is 4.10. The van der Waals surface area contributed by atoms with Gasteiger partial charge in [-0.1, -0.05) is 48.0 Å². The minimum Gasteiger partial charge on any atom is -0.504 e. The van der Waals surface area contributed by atoms with Gasteiger partial charge in [-0.3, -0.25) is 4.68 Å². The lowest BCUT2D eigenvalue weighted by atomic mass is 10.0. The molecule has 0 amide bonds. The summed E-state index contributed by atoms with van der Waals surface area (Å²) in [6.07, 6.45) is 6.88. The fraction of sp³-hybridized carbons (Fsp3) is 0.130. The highest BCUT2D eigenvalue weighted by Gasteiger charge is 2.22. The van der Waals surface area contributed by atoms with Crippen LogP contribution < -0.4 is 5.73 Å². The Morgan fingerprint density at radius 3 is 2.83 bits per heavy atom. The Morgan fingerprint density at radius 2 is 2.00 bits per heavy atom. The van der Waals surface area contributed by atoms with Crippen LogP contribution >= 0.6 is 0 Å². The third-order valence-electron chi connectivity index (χ3n) is 5.30. The van der Waals surface area contributed by atoms with Gasteiger partial charge in [-0.2, -0.15) is 5.10 Å². The van der Waals surface area contributed by atoms with Crippen molar-refractivity contribution in [1.82, 2.24) is 19.7 Å². The molecule has 144 valence electrons. The molecule has 5 rings (SSSR count). The molecule has 0 fully saturated rings. The molecule has 6 nitrogen and oxygen atoms in total. The molecule has 0 aliphatic heterocycles. The maximum atomic E-state index is 11.0. The van der Waals surface area contributed by atoms with E-state index in [2.05, 4.69) is 33.3 Å². The zero-order chi connectivity index (χ0) is 20.0. The van der Waals surface area contributed by atoms with Crippen molar-refractivity contribution in [3.63, 3.8) is 0 Å². The average Bonchev–Trinajstić information content (AvgIpc) is 3.19. The predicted molar refractivity (Wildman–Crippen MR) is 116 cm³/mol. The second-order valence-electron chi connectivity index (χ2n) is 7.23.